The smallest absolute Gasteiger partial charge is 0.309 e. The van der Waals surface area contributed by atoms with E-state index in [4.69, 9.17) is 9.47 Å². The van der Waals surface area contributed by atoms with Crippen LogP contribution in [0.25, 0.3) is 0 Å². The lowest BCUT2D eigenvalue weighted by atomic mass is 9.33. The number of ketones is 1. The first-order valence-corrected chi connectivity index (χ1v) is 22.8. The molecule has 0 saturated heterocycles. The van der Waals surface area contributed by atoms with E-state index in [0.29, 0.717) is 24.8 Å². The Morgan fingerprint density at radius 3 is 2.31 bits per heavy atom. The average Bonchev–Trinajstić information content (AvgIpc) is 3.44. The Bertz CT molecular complexity index is 1820. The number of hydrogen-bond donors (Lipinski definition) is 1. The van der Waals surface area contributed by atoms with Gasteiger partial charge < -0.3 is 19.5 Å². The van der Waals surface area contributed by atoms with Gasteiger partial charge in [-0.3, -0.25) is 24.1 Å². The van der Waals surface area contributed by atoms with E-state index in [1.54, 1.807) is 13.8 Å². The van der Waals surface area contributed by atoms with E-state index in [0.717, 1.165) is 76.6 Å². The van der Waals surface area contributed by atoms with Gasteiger partial charge in [0, 0.05) is 44.9 Å². The Labute approximate surface area is 355 Å². The molecule has 0 aromatic heterocycles. The second-order valence-corrected chi connectivity index (χ2v) is 21.8. The third-order valence-corrected chi connectivity index (χ3v) is 17.2. The van der Waals surface area contributed by atoms with Crippen molar-refractivity contribution in [1.29, 1.82) is 0 Å². The van der Waals surface area contributed by atoms with Gasteiger partial charge in [0.05, 0.1) is 11.8 Å². The summed E-state index contributed by atoms with van der Waals surface area (Å²) in [6.07, 6.45) is 7.42. The summed E-state index contributed by atoms with van der Waals surface area (Å²) < 4.78 is 12.7. The zero-order valence-electron chi connectivity index (χ0n) is 38.5. The fourth-order valence-electron chi connectivity index (χ4n) is 13.9. The van der Waals surface area contributed by atoms with Gasteiger partial charge >= 0.3 is 17.9 Å². The third kappa shape index (κ3) is 8.22. The van der Waals surface area contributed by atoms with Gasteiger partial charge in [0.15, 0.2) is 5.78 Å². The van der Waals surface area contributed by atoms with Crippen LogP contribution in [0.15, 0.2) is 35.4 Å². The van der Waals surface area contributed by atoms with Crippen LogP contribution in [0.4, 0.5) is 0 Å². The van der Waals surface area contributed by atoms with Crippen LogP contribution in [0.2, 0.25) is 0 Å². The quantitative estimate of drug-likeness (QED) is 0.184. The van der Waals surface area contributed by atoms with E-state index in [2.05, 4.69) is 96.6 Å². The topological polar surface area (TPSA) is 113 Å². The number of Topliss-reactive ketones (excluding diaryl/α,β-unsaturated/α-hetero) is 1. The Balaban J connectivity index is 1.32. The maximum Gasteiger partial charge on any atom is 0.309 e. The number of aryl methyl sites for hydroxylation is 1. The molecule has 1 aromatic rings. The number of benzene rings is 1. The van der Waals surface area contributed by atoms with Gasteiger partial charge in [0.1, 0.15) is 12.2 Å². The molecule has 1 aromatic carbocycles. The molecule has 59 heavy (non-hydrogen) atoms. The first-order valence-electron chi connectivity index (χ1n) is 22.8. The number of carbonyl (C=O) groups excluding carboxylic acids is 3. The summed E-state index contributed by atoms with van der Waals surface area (Å²) in [7, 11) is 4.19. The summed E-state index contributed by atoms with van der Waals surface area (Å²) in [4.78, 5) is 57.2. The van der Waals surface area contributed by atoms with Gasteiger partial charge in [-0.25, -0.2) is 0 Å². The summed E-state index contributed by atoms with van der Waals surface area (Å²) in [6, 6.07) is 8.66. The Morgan fingerprint density at radius 1 is 0.966 bits per heavy atom. The minimum Gasteiger partial charge on any atom is -0.481 e. The van der Waals surface area contributed by atoms with Gasteiger partial charge in [-0.15, -0.1) is 0 Å². The number of allylic oxidation sites excluding steroid dienone is 1. The van der Waals surface area contributed by atoms with Crippen LogP contribution >= 0.6 is 0 Å². The molecule has 4 saturated carbocycles. The number of carbonyl (C=O) groups is 4. The summed E-state index contributed by atoms with van der Waals surface area (Å²) in [5.74, 6) is -0.0877. The highest BCUT2D eigenvalue weighted by Crippen LogP contribution is 2.76. The molecule has 4 fully saturated rings. The molecule has 328 valence electrons. The molecule has 5 aliphatic carbocycles. The van der Waals surface area contributed by atoms with E-state index in [1.165, 1.54) is 23.6 Å². The largest absolute Gasteiger partial charge is 0.481 e. The number of aliphatic carboxylic acids is 1. The Kier molecular flexibility index (Phi) is 12.9. The molecule has 0 aliphatic heterocycles. The molecule has 1 N–H and O–H groups in total. The molecule has 9 nitrogen and oxygen atoms in total. The number of nitrogens with zero attached hydrogens (tertiary/aromatic N) is 2. The van der Waals surface area contributed by atoms with Crippen LogP contribution in [0.3, 0.4) is 0 Å². The van der Waals surface area contributed by atoms with Gasteiger partial charge in [0.2, 0.25) is 0 Å². The minimum absolute atomic E-state index is 0.0304. The number of hydrogen-bond acceptors (Lipinski definition) is 8. The maximum absolute atomic E-state index is 14.6. The van der Waals surface area contributed by atoms with Gasteiger partial charge in [0.25, 0.3) is 0 Å². The number of ether oxygens (including phenoxy) is 2. The van der Waals surface area contributed by atoms with Gasteiger partial charge in [-0.05, 0) is 149 Å². The number of carboxylic acids is 1. The minimum atomic E-state index is -1.17. The number of likely N-dealkylation sites (N-methyl/N-ethyl adjacent to an activating group) is 1. The second-order valence-electron chi connectivity index (χ2n) is 21.8. The highest BCUT2D eigenvalue weighted by molar-refractivity contribution is 6.01. The first-order chi connectivity index (χ1) is 27.5. The normalized spacial score (nSPS) is 34.9. The van der Waals surface area contributed by atoms with Crippen molar-refractivity contribution >= 4 is 23.7 Å². The zero-order valence-corrected chi connectivity index (χ0v) is 38.5. The monoisotopic (exact) mass is 817 g/mol. The molecule has 0 unspecified atom stereocenters. The van der Waals surface area contributed by atoms with Crippen LogP contribution in [-0.2, 0) is 35.2 Å². The van der Waals surface area contributed by atoms with Crippen LogP contribution in [0.5, 0.6) is 0 Å². The van der Waals surface area contributed by atoms with E-state index in [-0.39, 0.29) is 58.3 Å². The summed E-state index contributed by atoms with van der Waals surface area (Å²) in [5, 5.41) is 9.63. The van der Waals surface area contributed by atoms with Gasteiger partial charge in [-0.1, -0.05) is 71.4 Å². The van der Waals surface area contributed by atoms with Crippen molar-refractivity contribution in [1.82, 2.24) is 9.80 Å². The summed E-state index contributed by atoms with van der Waals surface area (Å²) >= 11 is 0. The molecule has 0 bridgehead atoms. The van der Waals surface area contributed by atoms with E-state index < -0.39 is 28.9 Å². The third-order valence-electron chi connectivity index (χ3n) is 17.2. The van der Waals surface area contributed by atoms with Crippen molar-refractivity contribution in [2.75, 3.05) is 33.7 Å². The van der Waals surface area contributed by atoms with E-state index in [1.807, 2.05) is 0 Å². The van der Waals surface area contributed by atoms with Crippen molar-refractivity contribution in [3.8, 4) is 0 Å². The van der Waals surface area contributed by atoms with Crippen LogP contribution in [0, 0.1) is 63.6 Å². The molecule has 0 heterocycles. The predicted molar refractivity (Wildman–Crippen MR) is 231 cm³/mol. The predicted octanol–water partition coefficient (Wildman–Crippen LogP) is 9.29. The van der Waals surface area contributed by atoms with Crippen molar-refractivity contribution in [3.05, 3.63) is 46.5 Å². The van der Waals surface area contributed by atoms with Gasteiger partial charge in [-0.2, -0.15) is 0 Å². The van der Waals surface area contributed by atoms with Crippen molar-refractivity contribution in [2.45, 2.75) is 152 Å². The molecule has 0 radical (unpaired) electrons. The average molecular weight is 817 g/mol. The number of esters is 2. The fraction of sp³-hybridized carbons (Fsp3) is 0.760. The van der Waals surface area contributed by atoms with Crippen molar-refractivity contribution in [2.24, 2.45) is 56.7 Å². The lowest BCUT2D eigenvalue weighted by Crippen LogP contribution is -2.65. The molecular weight excluding hydrogens is 741 g/mol. The lowest BCUT2D eigenvalue weighted by Gasteiger charge is -2.71. The van der Waals surface area contributed by atoms with Crippen molar-refractivity contribution in [3.63, 3.8) is 0 Å². The van der Waals surface area contributed by atoms with E-state index >= 15 is 0 Å². The SMILES string of the molecule is CC(=O)O[C@@H](CN(CCN(C)C)Cc1cccc(C)c1)[C@@]12CC[C@]3(C)[C@H](CC[C@@H]4[C@@]5(C)CC[C@H](OC(=O)CC(C)(C)C(=O)O)[C@H](C)[C@@H]5CC[C@]43C)C1=C(C(C)C)C(=O)C2. The highest BCUT2D eigenvalue weighted by Gasteiger charge is 2.70. The second kappa shape index (κ2) is 16.7. The van der Waals surface area contributed by atoms with Crippen LogP contribution in [0.1, 0.15) is 138 Å². The number of rotatable bonds is 14. The molecule has 10 atom stereocenters. The fourth-order valence-corrected chi connectivity index (χ4v) is 13.9. The van der Waals surface area contributed by atoms with Crippen molar-refractivity contribution < 1.29 is 33.8 Å². The zero-order chi connectivity index (χ0) is 43.5. The van der Waals surface area contributed by atoms with Crippen LogP contribution < -0.4 is 0 Å². The molecular formula is C50H76N2O7. The lowest BCUT2D eigenvalue weighted by molar-refractivity contribution is -0.219. The standard InChI is InChI=1S/C50H76N2O7/c1-31(2)43-38(54)27-50(41(58-34(5)53)30-52(25-24-51(11)12)29-35-15-13-14-32(3)26-35)23-22-48(9)37(44(43)50)16-17-40-47(8)20-19-39(33(4)36(47)18-21-49(40,48)10)59-42(55)28-46(6,7)45(56)57/h13-15,26,31,33,36-37,39-41H,16-25,27-30H2,1-12H3,(H,56,57)/t33-,36+,37-,39+,40-,41+,47+,48-,49-,50+/m1/s1. The molecule has 6 rings (SSSR count). The number of carboxylic acid groups (broad SMARTS) is 1. The van der Waals surface area contributed by atoms with Crippen LogP contribution in [-0.4, -0.2) is 84.5 Å². The maximum atomic E-state index is 14.6. The molecule has 9 heteroatoms. The molecule has 0 amide bonds. The summed E-state index contributed by atoms with van der Waals surface area (Å²) in [5.41, 5.74) is 3.13. The summed E-state index contributed by atoms with van der Waals surface area (Å²) in [6.45, 7) is 24.1. The first kappa shape index (κ1) is 45.5. The van der Waals surface area contributed by atoms with E-state index in [9.17, 15) is 24.3 Å². The molecule has 5 aliphatic rings. The Hall–Kier alpha value is -3.04. The number of fused-ring (bicyclic) bond motifs is 7. The molecule has 0 spiro atoms. The highest BCUT2D eigenvalue weighted by atomic mass is 16.5. The Morgan fingerprint density at radius 2 is 1.68 bits per heavy atom.